The van der Waals surface area contributed by atoms with Crippen LogP contribution in [0.4, 0.5) is 0 Å². The van der Waals surface area contributed by atoms with Crippen molar-refractivity contribution in [3.63, 3.8) is 0 Å². The molecular formula is C21H32O6. The highest BCUT2D eigenvalue weighted by molar-refractivity contribution is 5.93. The summed E-state index contributed by atoms with van der Waals surface area (Å²) in [6.07, 6.45) is 1.36. The van der Waals surface area contributed by atoms with Crippen LogP contribution in [0.2, 0.25) is 0 Å². The summed E-state index contributed by atoms with van der Waals surface area (Å²) in [5.41, 5.74) is -1.78. The molecule has 0 fully saturated rings. The molecule has 0 atom stereocenters. The van der Waals surface area contributed by atoms with E-state index < -0.39 is 28.7 Å². The molecule has 1 aromatic rings. The largest absolute Gasteiger partial charge is 0.462 e. The molecule has 2 N–H and O–H groups in total. The van der Waals surface area contributed by atoms with Crippen LogP contribution in [0.5, 0.6) is 0 Å². The predicted molar refractivity (Wildman–Crippen MR) is 103 cm³/mol. The van der Waals surface area contributed by atoms with E-state index in [4.69, 9.17) is 9.47 Å². The predicted octanol–water partition coefficient (Wildman–Crippen LogP) is 3.49. The van der Waals surface area contributed by atoms with Crippen LogP contribution in [-0.2, 0) is 9.47 Å². The lowest BCUT2D eigenvalue weighted by Crippen LogP contribution is -2.31. The van der Waals surface area contributed by atoms with Gasteiger partial charge in [-0.25, -0.2) is 9.59 Å². The van der Waals surface area contributed by atoms with E-state index >= 15 is 0 Å². The maximum Gasteiger partial charge on any atom is 0.338 e. The lowest BCUT2D eigenvalue weighted by molar-refractivity contribution is -0.0198. The van der Waals surface area contributed by atoms with Crippen LogP contribution in [0, 0.1) is 0 Å². The monoisotopic (exact) mass is 380 g/mol. The topological polar surface area (TPSA) is 93.1 Å². The maximum atomic E-state index is 12.3. The van der Waals surface area contributed by atoms with E-state index in [-0.39, 0.29) is 6.61 Å². The first-order chi connectivity index (χ1) is 12.2. The molecule has 0 amide bonds. The first-order valence-corrected chi connectivity index (χ1v) is 9.14. The van der Waals surface area contributed by atoms with E-state index in [1.165, 1.54) is 24.3 Å². The fraction of sp³-hybridized carbons (Fsp3) is 0.619. The van der Waals surface area contributed by atoms with Gasteiger partial charge in [0.1, 0.15) is 5.60 Å². The highest BCUT2D eigenvalue weighted by atomic mass is 16.6. The van der Waals surface area contributed by atoms with E-state index in [1.54, 1.807) is 41.5 Å². The standard InChI is InChI=1S/C21H32O6/c1-19(2,24)11-12-21(5,6)27-18(23)16-9-7-15(8-10-16)17(22)26-14-13-20(3,4)25/h7-10,24-25H,11-14H2,1-6H3. The quantitative estimate of drug-likeness (QED) is 0.637. The van der Waals surface area contributed by atoms with Crippen molar-refractivity contribution < 1.29 is 29.3 Å². The molecule has 0 spiro atoms. The van der Waals surface area contributed by atoms with Crippen molar-refractivity contribution in [3.8, 4) is 0 Å². The maximum absolute atomic E-state index is 12.3. The van der Waals surface area contributed by atoms with Crippen molar-refractivity contribution in [2.24, 2.45) is 0 Å². The van der Waals surface area contributed by atoms with Gasteiger partial charge in [-0.1, -0.05) is 0 Å². The Morgan fingerprint density at radius 2 is 1.22 bits per heavy atom. The molecule has 0 aliphatic carbocycles. The minimum atomic E-state index is -0.897. The molecule has 0 bridgehead atoms. The SMILES string of the molecule is CC(C)(O)CCOC(=O)c1ccc(C(=O)OC(C)(C)CCC(C)(C)O)cc1. The second kappa shape index (κ2) is 8.85. The Labute approximate surface area is 161 Å². The molecular weight excluding hydrogens is 348 g/mol. The molecule has 152 valence electrons. The average Bonchev–Trinajstić information content (AvgIpc) is 2.51. The van der Waals surface area contributed by atoms with Crippen molar-refractivity contribution in [2.75, 3.05) is 6.61 Å². The fourth-order valence-corrected chi connectivity index (χ4v) is 2.19. The van der Waals surface area contributed by atoms with Crippen LogP contribution in [-0.4, -0.2) is 45.6 Å². The summed E-state index contributed by atoms with van der Waals surface area (Å²) in [6, 6.07) is 6.04. The van der Waals surface area contributed by atoms with Gasteiger partial charge in [0.25, 0.3) is 0 Å². The van der Waals surface area contributed by atoms with Gasteiger partial charge in [0.2, 0.25) is 0 Å². The minimum Gasteiger partial charge on any atom is -0.462 e. The number of aliphatic hydroxyl groups is 2. The molecule has 1 rings (SSSR count). The number of rotatable bonds is 9. The molecule has 0 saturated heterocycles. The van der Waals surface area contributed by atoms with Crippen molar-refractivity contribution >= 4 is 11.9 Å². The van der Waals surface area contributed by atoms with Gasteiger partial charge in [-0.2, -0.15) is 0 Å². The summed E-state index contributed by atoms with van der Waals surface area (Å²) in [5.74, 6) is -0.998. The van der Waals surface area contributed by atoms with Gasteiger partial charge in [0, 0.05) is 6.42 Å². The van der Waals surface area contributed by atoms with Crippen LogP contribution in [0.25, 0.3) is 0 Å². The van der Waals surface area contributed by atoms with Crippen molar-refractivity contribution in [2.45, 2.75) is 77.6 Å². The minimum absolute atomic E-state index is 0.113. The third-order valence-corrected chi connectivity index (χ3v) is 4.01. The zero-order chi connectivity index (χ0) is 20.9. The van der Waals surface area contributed by atoms with Gasteiger partial charge in [0.15, 0.2) is 0 Å². The Hall–Kier alpha value is -1.92. The molecule has 1 aromatic carbocycles. The van der Waals surface area contributed by atoms with E-state index in [2.05, 4.69) is 0 Å². The molecule has 0 unspecified atom stereocenters. The van der Waals surface area contributed by atoms with Gasteiger partial charge in [0.05, 0.1) is 28.9 Å². The number of hydrogen-bond donors (Lipinski definition) is 2. The van der Waals surface area contributed by atoms with E-state index in [0.29, 0.717) is 30.4 Å². The number of ether oxygens (including phenoxy) is 2. The van der Waals surface area contributed by atoms with Gasteiger partial charge in [-0.15, -0.1) is 0 Å². The fourth-order valence-electron chi connectivity index (χ4n) is 2.19. The molecule has 0 aliphatic heterocycles. The molecule has 0 aliphatic rings. The van der Waals surface area contributed by atoms with Crippen LogP contribution < -0.4 is 0 Å². The van der Waals surface area contributed by atoms with Gasteiger partial charge in [-0.05, 0) is 78.6 Å². The third kappa shape index (κ3) is 9.54. The number of hydrogen-bond acceptors (Lipinski definition) is 6. The van der Waals surface area contributed by atoms with Gasteiger partial charge in [-0.3, -0.25) is 0 Å². The Balaban J connectivity index is 2.62. The highest BCUT2D eigenvalue weighted by Crippen LogP contribution is 2.23. The smallest absolute Gasteiger partial charge is 0.338 e. The number of benzene rings is 1. The first kappa shape index (κ1) is 23.1. The lowest BCUT2D eigenvalue weighted by Gasteiger charge is -2.28. The van der Waals surface area contributed by atoms with Gasteiger partial charge >= 0.3 is 11.9 Å². The van der Waals surface area contributed by atoms with Crippen LogP contribution in [0.15, 0.2) is 24.3 Å². The van der Waals surface area contributed by atoms with E-state index in [9.17, 15) is 19.8 Å². The summed E-state index contributed by atoms with van der Waals surface area (Å²) in [7, 11) is 0. The molecule has 6 nitrogen and oxygen atoms in total. The molecule has 0 aromatic heterocycles. The Kier molecular flexibility index (Phi) is 7.57. The van der Waals surface area contributed by atoms with Crippen LogP contribution in [0.3, 0.4) is 0 Å². The summed E-state index contributed by atoms with van der Waals surface area (Å²) < 4.78 is 10.6. The Morgan fingerprint density at radius 1 is 0.778 bits per heavy atom. The molecule has 6 heteroatoms. The Bertz CT molecular complexity index is 632. The Morgan fingerprint density at radius 3 is 1.67 bits per heavy atom. The zero-order valence-corrected chi connectivity index (χ0v) is 17.2. The van der Waals surface area contributed by atoms with Crippen molar-refractivity contribution in [1.29, 1.82) is 0 Å². The van der Waals surface area contributed by atoms with Gasteiger partial charge < -0.3 is 19.7 Å². The second-order valence-corrected chi connectivity index (χ2v) is 8.74. The second-order valence-electron chi connectivity index (χ2n) is 8.74. The van der Waals surface area contributed by atoms with Crippen molar-refractivity contribution in [3.05, 3.63) is 35.4 Å². The van der Waals surface area contributed by atoms with Crippen LogP contribution in [0.1, 0.15) is 81.5 Å². The normalized spacial score (nSPS) is 12.6. The summed E-state index contributed by atoms with van der Waals surface area (Å²) >= 11 is 0. The van der Waals surface area contributed by atoms with E-state index in [1.807, 2.05) is 0 Å². The van der Waals surface area contributed by atoms with Crippen molar-refractivity contribution in [1.82, 2.24) is 0 Å². The molecule has 0 heterocycles. The summed E-state index contributed by atoms with van der Waals surface area (Å²) in [4.78, 5) is 24.3. The van der Waals surface area contributed by atoms with E-state index in [0.717, 1.165) is 0 Å². The first-order valence-electron chi connectivity index (χ1n) is 9.14. The lowest BCUT2D eigenvalue weighted by atomic mass is 9.94. The molecule has 0 saturated carbocycles. The molecule has 0 radical (unpaired) electrons. The number of esters is 2. The third-order valence-electron chi connectivity index (χ3n) is 4.01. The summed E-state index contributed by atoms with van der Waals surface area (Å²) in [5, 5.41) is 19.4. The summed E-state index contributed by atoms with van der Waals surface area (Å²) in [6.45, 7) is 10.4. The highest BCUT2D eigenvalue weighted by Gasteiger charge is 2.27. The number of carbonyl (C=O) groups is 2. The van der Waals surface area contributed by atoms with Crippen LogP contribution >= 0.6 is 0 Å². The molecule has 27 heavy (non-hydrogen) atoms. The number of carbonyl (C=O) groups excluding carboxylic acids is 2. The average molecular weight is 380 g/mol. The zero-order valence-electron chi connectivity index (χ0n) is 17.2.